The first-order valence-corrected chi connectivity index (χ1v) is 5.01. The van der Waals surface area contributed by atoms with Crippen LogP contribution in [0.1, 0.15) is 11.6 Å². The zero-order chi connectivity index (χ0) is 9.14. The maximum Gasteiger partial charge on any atom is 0.112 e. The highest BCUT2D eigenvalue weighted by Crippen LogP contribution is 2.21. The molecule has 3 nitrogen and oxygen atoms in total. The van der Waals surface area contributed by atoms with Crippen molar-refractivity contribution in [3.05, 3.63) is 26.9 Å². The number of pyridine rings is 1. The van der Waals surface area contributed by atoms with E-state index < -0.39 is 0 Å². The molecule has 66 valence electrons. The quantitative estimate of drug-likeness (QED) is 0.814. The van der Waals surface area contributed by atoms with Crippen molar-refractivity contribution in [2.75, 3.05) is 6.54 Å². The van der Waals surface area contributed by atoms with E-state index in [1.807, 2.05) is 12.1 Å². The van der Waals surface area contributed by atoms with Gasteiger partial charge in [0.25, 0.3) is 0 Å². The maximum absolute atomic E-state index is 5.73. The second-order valence-electron chi connectivity index (χ2n) is 2.36. The van der Waals surface area contributed by atoms with Crippen molar-refractivity contribution < 1.29 is 0 Å². The summed E-state index contributed by atoms with van der Waals surface area (Å²) in [5, 5.41) is 0. The molecule has 1 aromatic heterocycles. The first kappa shape index (κ1) is 10.1. The second-order valence-corrected chi connectivity index (χ2v) is 3.92. The van der Waals surface area contributed by atoms with Crippen LogP contribution in [0.2, 0.25) is 0 Å². The van der Waals surface area contributed by atoms with E-state index >= 15 is 0 Å². The Labute approximate surface area is 87.8 Å². The number of hydrogen-bond acceptors (Lipinski definition) is 3. The van der Waals surface area contributed by atoms with Crippen molar-refractivity contribution in [2.24, 2.45) is 11.5 Å². The Morgan fingerprint density at radius 2 is 2.08 bits per heavy atom. The zero-order valence-electron chi connectivity index (χ0n) is 6.30. The van der Waals surface area contributed by atoms with Gasteiger partial charge in [-0.1, -0.05) is 6.07 Å². The molecule has 5 heteroatoms. The molecule has 0 radical (unpaired) electrons. The van der Waals surface area contributed by atoms with Crippen LogP contribution < -0.4 is 11.5 Å². The average Bonchev–Trinajstić information content (AvgIpc) is 2.03. The van der Waals surface area contributed by atoms with E-state index in [0.717, 1.165) is 14.8 Å². The highest BCUT2D eigenvalue weighted by molar-refractivity contribution is 9.11. The van der Waals surface area contributed by atoms with E-state index in [4.69, 9.17) is 11.5 Å². The minimum absolute atomic E-state index is 0.153. The van der Waals surface area contributed by atoms with Crippen LogP contribution in [0.4, 0.5) is 0 Å². The van der Waals surface area contributed by atoms with E-state index in [1.54, 1.807) is 0 Å². The predicted molar refractivity (Wildman–Crippen MR) is 55.6 cm³/mol. The molecule has 0 fully saturated rings. The Kier molecular flexibility index (Phi) is 3.64. The smallest absolute Gasteiger partial charge is 0.112 e. The second kappa shape index (κ2) is 4.32. The fraction of sp³-hybridized carbons (Fsp3) is 0.286. The van der Waals surface area contributed by atoms with Gasteiger partial charge >= 0.3 is 0 Å². The Bertz CT molecular complexity index is 277. The van der Waals surface area contributed by atoms with Gasteiger partial charge in [0.1, 0.15) is 9.21 Å². The summed E-state index contributed by atoms with van der Waals surface area (Å²) in [6.45, 7) is 0.419. The van der Waals surface area contributed by atoms with E-state index in [0.29, 0.717) is 6.54 Å². The van der Waals surface area contributed by atoms with E-state index in [1.165, 1.54) is 0 Å². The number of halogens is 2. The van der Waals surface area contributed by atoms with Crippen LogP contribution in [0.5, 0.6) is 0 Å². The van der Waals surface area contributed by atoms with Crippen LogP contribution in [0.15, 0.2) is 21.3 Å². The lowest BCUT2D eigenvalue weighted by atomic mass is 10.1. The molecule has 0 unspecified atom stereocenters. The molecule has 0 aromatic carbocycles. The molecule has 0 aliphatic rings. The summed E-state index contributed by atoms with van der Waals surface area (Å²) in [6, 6.07) is 3.59. The standard InChI is InChI=1S/C7H9Br2N3/c8-6-2-1-4(5(11)3-10)7(9)12-6/h1-2,5H,3,10-11H2/t5-/m0/s1. The van der Waals surface area contributed by atoms with Crippen LogP contribution in [-0.2, 0) is 0 Å². The SMILES string of the molecule is NC[C@H](N)c1ccc(Br)nc1Br. The van der Waals surface area contributed by atoms with Crippen molar-refractivity contribution in [2.45, 2.75) is 6.04 Å². The minimum Gasteiger partial charge on any atom is -0.329 e. The molecular weight excluding hydrogens is 286 g/mol. The van der Waals surface area contributed by atoms with Gasteiger partial charge in [-0.25, -0.2) is 4.98 Å². The largest absolute Gasteiger partial charge is 0.329 e. The van der Waals surface area contributed by atoms with Gasteiger partial charge in [-0.05, 0) is 37.9 Å². The van der Waals surface area contributed by atoms with E-state index in [9.17, 15) is 0 Å². The van der Waals surface area contributed by atoms with Gasteiger partial charge < -0.3 is 11.5 Å². The lowest BCUT2D eigenvalue weighted by molar-refractivity contribution is 0.727. The number of nitrogens with two attached hydrogens (primary N) is 2. The fourth-order valence-electron chi connectivity index (χ4n) is 0.826. The van der Waals surface area contributed by atoms with Gasteiger partial charge in [0.05, 0.1) is 0 Å². The molecule has 0 saturated carbocycles. The zero-order valence-corrected chi connectivity index (χ0v) is 9.47. The van der Waals surface area contributed by atoms with E-state index in [2.05, 4.69) is 36.8 Å². The highest BCUT2D eigenvalue weighted by Gasteiger charge is 2.08. The Morgan fingerprint density at radius 3 is 2.58 bits per heavy atom. The molecule has 0 spiro atoms. The van der Waals surface area contributed by atoms with Crippen molar-refractivity contribution in [1.82, 2.24) is 4.98 Å². The van der Waals surface area contributed by atoms with Crippen molar-refractivity contribution in [3.63, 3.8) is 0 Å². The van der Waals surface area contributed by atoms with Gasteiger partial charge in [0.2, 0.25) is 0 Å². The molecule has 0 amide bonds. The van der Waals surface area contributed by atoms with Gasteiger partial charge in [-0.2, -0.15) is 0 Å². The Morgan fingerprint density at radius 1 is 1.42 bits per heavy atom. The average molecular weight is 295 g/mol. The molecule has 0 aliphatic carbocycles. The maximum atomic E-state index is 5.73. The number of hydrogen-bond donors (Lipinski definition) is 2. The molecular formula is C7H9Br2N3. The molecule has 1 heterocycles. The molecule has 0 saturated heterocycles. The van der Waals surface area contributed by atoms with Crippen molar-refractivity contribution in [1.29, 1.82) is 0 Å². The third-order valence-electron chi connectivity index (χ3n) is 1.50. The molecule has 0 aliphatic heterocycles. The van der Waals surface area contributed by atoms with Gasteiger partial charge in [0.15, 0.2) is 0 Å². The molecule has 4 N–H and O–H groups in total. The van der Waals surface area contributed by atoms with Crippen LogP contribution in [0, 0.1) is 0 Å². The number of rotatable bonds is 2. The molecule has 1 atom stereocenters. The third kappa shape index (κ3) is 2.26. The summed E-state index contributed by atoms with van der Waals surface area (Å²) in [6.07, 6.45) is 0. The predicted octanol–water partition coefficient (Wildman–Crippen LogP) is 1.57. The number of aromatic nitrogens is 1. The Balaban J connectivity index is 3.01. The van der Waals surface area contributed by atoms with Crippen molar-refractivity contribution in [3.8, 4) is 0 Å². The Hall–Kier alpha value is 0.0300. The van der Waals surface area contributed by atoms with Crippen LogP contribution >= 0.6 is 31.9 Å². The van der Waals surface area contributed by atoms with Gasteiger partial charge in [-0.3, -0.25) is 0 Å². The molecule has 0 bridgehead atoms. The molecule has 1 aromatic rings. The fourth-order valence-corrected chi connectivity index (χ4v) is 1.99. The topological polar surface area (TPSA) is 64.9 Å². The first-order valence-electron chi connectivity index (χ1n) is 3.42. The van der Waals surface area contributed by atoms with Crippen molar-refractivity contribution >= 4 is 31.9 Å². The first-order chi connectivity index (χ1) is 5.65. The highest BCUT2D eigenvalue weighted by atomic mass is 79.9. The summed E-state index contributed by atoms with van der Waals surface area (Å²) in [7, 11) is 0. The summed E-state index contributed by atoms with van der Waals surface area (Å²) in [4.78, 5) is 4.14. The lowest BCUT2D eigenvalue weighted by Crippen LogP contribution is -2.21. The van der Waals surface area contributed by atoms with Crippen LogP contribution in [-0.4, -0.2) is 11.5 Å². The van der Waals surface area contributed by atoms with Crippen LogP contribution in [0.3, 0.4) is 0 Å². The monoisotopic (exact) mass is 293 g/mol. The minimum atomic E-state index is -0.153. The summed E-state index contributed by atoms with van der Waals surface area (Å²) < 4.78 is 1.53. The van der Waals surface area contributed by atoms with Crippen LogP contribution in [0.25, 0.3) is 0 Å². The summed E-state index contributed by atoms with van der Waals surface area (Å²) in [5.74, 6) is 0. The van der Waals surface area contributed by atoms with E-state index in [-0.39, 0.29) is 6.04 Å². The van der Waals surface area contributed by atoms with Gasteiger partial charge in [0, 0.05) is 18.2 Å². The lowest BCUT2D eigenvalue weighted by Gasteiger charge is -2.10. The number of nitrogens with zero attached hydrogens (tertiary/aromatic N) is 1. The summed E-state index contributed by atoms with van der Waals surface area (Å²) in [5.41, 5.74) is 12.1. The third-order valence-corrected chi connectivity index (χ3v) is 2.57. The summed E-state index contributed by atoms with van der Waals surface area (Å²) >= 11 is 6.57. The molecule has 1 rings (SSSR count). The molecule has 12 heavy (non-hydrogen) atoms. The normalized spacial score (nSPS) is 13.0. The van der Waals surface area contributed by atoms with Gasteiger partial charge in [-0.15, -0.1) is 0 Å².